The Morgan fingerprint density at radius 1 is 1.43 bits per heavy atom. The highest BCUT2D eigenvalue weighted by molar-refractivity contribution is 4.88. The summed E-state index contributed by atoms with van der Waals surface area (Å²) in [6.07, 6.45) is 0. The molecule has 1 aromatic heterocycles. The highest BCUT2D eigenvalue weighted by atomic mass is 16.5. The van der Waals surface area contributed by atoms with E-state index in [1.807, 2.05) is 0 Å². The van der Waals surface area contributed by atoms with Crippen LogP contribution in [0.1, 0.15) is 18.6 Å². The number of aryl methyl sites for hydroxylation is 1. The maximum Gasteiger partial charge on any atom is 0.223 e. The largest absolute Gasteiger partial charge is 0.394 e. The topological polar surface area (TPSA) is 91.4 Å². The summed E-state index contributed by atoms with van der Waals surface area (Å²) in [5, 5.41) is 24.6. The van der Waals surface area contributed by atoms with E-state index in [1.54, 1.807) is 13.8 Å². The number of nitrogens with zero attached hydrogens (tertiary/aromatic N) is 2. The SMILES string of the molecule is Cc1nc(CNC(C)(CO)CO)no1. The van der Waals surface area contributed by atoms with E-state index in [0.29, 0.717) is 18.3 Å². The first kappa shape index (κ1) is 11.1. The minimum Gasteiger partial charge on any atom is -0.394 e. The quantitative estimate of drug-likeness (QED) is 0.578. The van der Waals surface area contributed by atoms with Gasteiger partial charge in [-0.3, -0.25) is 0 Å². The van der Waals surface area contributed by atoms with Crippen molar-refractivity contribution in [3.05, 3.63) is 11.7 Å². The van der Waals surface area contributed by atoms with Crippen molar-refractivity contribution in [3.63, 3.8) is 0 Å². The summed E-state index contributed by atoms with van der Waals surface area (Å²) in [6.45, 7) is 3.46. The van der Waals surface area contributed by atoms with Crippen LogP contribution in [0, 0.1) is 6.92 Å². The molecule has 1 heterocycles. The average Bonchev–Trinajstić information content (AvgIpc) is 2.61. The van der Waals surface area contributed by atoms with E-state index in [0.717, 1.165) is 0 Å². The summed E-state index contributed by atoms with van der Waals surface area (Å²) < 4.78 is 4.77. The van der Waals surface area contributed by atoms with Gasteiger partial charge in [0.2, 0.25) is 5.89 Å². The summed E-state index contributed by atoms with van der Waals surface area (Å²) in [5.74, 6) is 1.01. The molecule has 1 rings (SSSR count). The van der Waals surface area contributed by atoms with Crippen LogP contribution in [-0.4, -0.2) is 39.1 Å². The number of hydrogen-bond acceptors (Lipinski definition) is 6. The summed E-state index contributed by atoms with van der Waals surface area (Å²) in [6, 6.07) is 0. The van der Waals surface area contributed by atoms with Crippen LogP contribution in [0.2, 0.25) is 0 Å². The number of aromatic nitrogens is 2. The van der Waals surface area contributed by atoms with Gasteiger partial charge in [0.05, 0.1) is 25.3 Å². The first-order chi connectivity index (χ1) is 6.59. The van der Waals surface area contributed by atoms with Gasteiger partial charge in [0, 0.05) is 6.92 Å². The van der Waals surface area contributed by atoms with Gasteiger partial charge in [0.1, 0.15) is 0 Å². The molecule has 0 amide bonds. The van der Waals surface area contributed by atoms with Gasteiger partial charge in [0.25, 0.3) is 0 Å². The lowest BCUT2D eigenvalue weighted by Crippen LogP contribution is -2.48. The minimum absolute atomic E-state index is 0.152. The first-order valence-electron chi connectivity index (χ1n) is 4.35. The molecule has 0 spiro atoms. The van der Waals surface area contributed by atoms with E-state index >= 15 is 0 Å². The van der Waals surface area contributed by atoms with Crippen molar-refractivity contribution in [2.75, 3.05) is 13.2 Å². The van der Waals surface area contributed by atoms with Crippen molar-refractivity contribution >= 4 is 0 Å². The maximum atomic E-state index is 8.98. The Morgan fingerprint density at radius 3 is 2.50 bits per heavy atom. The van der Waals surface area contributed by atoms with Crippen molar-refractivity contribution in [1.82, 2.24) is 15.5 Å². The van der Waals surface area contributed by atoms with Gasteiger partial charge >= 0.3 is 0 Å². The van der Waals surface area contributed by atoms with Crippen LogP contribution in [-0.2, 0) is 6.54 Å². The zero-order valence-corrected chi connectivity index (χ0v) is 8.32. The lowest BCUT2D eigenvalue weighted by Gasteiger charge is -2.25. The lowest BCUT2D eigenvalue weighted by atomic mass is 10.1. The van der Waals surface area contributed by atoms with Gasteiger partial charge in [-0.15, -0.1) is 0 Å². The average molecular weight is 201 g/mol. The van der Waals surface area contributed by atoms with E-state index < -0.39 is 5.54 Å². The summed E-state index contributed by atoms with van der Waals surface area (Å²) in [4.78, 5) is 3.98. The maximum absolute atomic E-state index is 8.98. The van der Waals surface area contributed by atoms with Crippen LogP contribution >= 0.6 is 0 Å². The molecular formula is C8H15N3O3. The van der Waals surface area contributed by atoms with Crippen molar-refractivity contribution in [1.29, 1.82) is 0 Å². The fourth-order valence-electron chi connectivity index (χ4n) is 0.867. The van der Waals surface area contributed by atoms with Gasteiger partial charge in [0.15, 0.2) is 5.82 Å². The molecule has 0 saturated carbocycles. The molecule has 6 nitrogen and oxygen atoms in total. The third kappa shape index (κ3) is 2.76. The van der Waals surface area contributed by atoms with E-state index in [1.165, 1.54) is 0 Å². The van der Waals surface area contributed by atoms with Crippen molar-refractivity contribution in [2.45, 2.75) is 25.9 Å². The second-order valence-electron chi connectivity index (χ2n) is 3.46. The molecule has 6 heteroatoms. The fraction of sp³-hybridized carbons (Fsp3) is 0.750. The molecule has 80 valence electrons. The molecule has 0 unspecified atom stereocenters. The molecule has 0 fully saturated rings. The highest BCUT2D eigenvalue weighted by Gasteiger charge is 2.21. The predicted molar refractivity (Wildman–Crippen MR) is 48.5 cm³/mol. The van der Waals surface area contributed by atoms with Gasteiger partial charge < -0.3 is 20.1 Å². The number of nitrogens with one attached hydrogen (secondary N) is 1. The Bertz CT molecular complexity index is 283. The smallest absolute Gasteiger partial charge is 0.223 e. The molecule has 1 aromatic rings. The van der Waals surface area contributed by atoms with E-state index in [4.69, 9.17) is 14.7 Å². The molecule has 0 aromatic carbocycles. The summed E-state index contributed by atoms with van der Waals surface area (Å²) in [7, 11) is 0. The van der Waals surface area contributed by atoms with Crippen molar-refractivity contribution < 1.29 is 14.7 Å². The Balaban J connectivity index is 2.47. The van der Waals surface area contributed by atoms with Gasteiger partial charge in [-0.25, -0.2) is 0 Å². The van der Waals surface area contributed by atoms with Crippen LogP contribution in [0.5, 0.6) is 0 Å². The first-order valence-corrected chi connectivity index (χ1v) is 4.35. The number of aliphatic hydroxyl groups is 2. The molecule has 0 radical (unpaired) electrons. The lowest BCUT2D eigenvalue weighted by molar-refractivity contribution is 0.102. The predicted octanol–water partition coefficient (Wildman–Crippen LogP) is -0.789. The molecule has 0 aliphatic rings. The normalized spacial score (nSPS) is 12.0. The molecule has 0 saturated heterocycles. The standard InChI is InChI=1S/C8H15N3O3/c1-6-10-7(11-14-6)3-9-8(2,4-12)5-13/h9,12-13H,3-5H2,1-2H3. The van der Waals surface area contributed by atoms with Gasteiger partial charge in [-0.1, -0.05) is 5.16 Å². The molecule has 0 aliphatic heterocycles. The minimum atomic E-state index is -0.714. The van der Waals surface area contributed by atoms with Crippen LogP contribution in [0.15, 0.2) is 4.52 Å². The number of hydrogen-bond donors (Lipinski definition) is 3. The monoisotopic (exact) mass is 201 g/mol. The Hall–Kier alpha value is -0.980. The molecule has 0 bridgehead atoms. The summed E-state index contributed by atoms with van der Waals surface area (Å²) in [5.41, 5.74) is -0.714. The number of aliphatic hydroxyl groups excluding tert-OH is 2. The molecule has 3 N–H and O–H groups in total. The van der Waals surface area contributed by atoms with Gasteiger partial charge in [-0.05, 0) is 6.92 Å². The second kappa shape index (κ2) is 4.50. The summed E-state index contributed by atoms with van der Waals surface area (Å²) >= 11 is 0. The van der Waals surface area contributed by atoms with E-state index in [9.17, 15) is 0 Å². The van der Waals surface area contributed by atoms with Gasteiger partial charge in [-0.2, -0.15) is 4.98 Å². The fourth-order valence-corrected chi connectivity index (χ4v) is 0.867. The molecular weight excluding hydrogens is 186 g/mol. The van der Waals surface area contributed by atoms with Crippen LogP contribution in [0.25, 0.3) is 0 Å². The number of rotatable bonds is 5. The Labute approximate surface area is 81.9 Å². The van der Waals surface area contributed by atoms with Crippen LogP contribution < -0.4 is 5.32 Å². The van der Waals surface area contributed by atoms with Crippen LogP contribution in [0.4, 0.5) is 0 Å². The highest BCUT2D eigenvalue weighted by Crippen LogP contribution is 2.02. The zero-order valence-electron chi connectivity index (χ0n) is 8.32. The second-order valence-corrected chi connectivity index (χ2v) is 3.46. The third-order valence-corrected chi connectivity index (χ3v) is 1.94. The van der Waals surface area contributed by atoms with E-state index in [-0.39, 0.29) is 13.2 Å². The van der Waals surface area contributed by atoms with Crippen molar-refractivity contribution in [2.24, 2.45) is 0 Å². The van der Waals surface area contributed by atoms with Crippen molar-refractivity contribution in [3.8, 4) is 0 Å². The van der Waals surface area contributed by atoms with Crippen LogP contribution in [0.3, 0.4) is 0 Å². The molecule has 0 atom stereocenters. The zero-order chi connectivity index (χ0) is 10.6. The molecule has 0 aliphatic carbocycles. The Kier molecular flexibility index (Phi) is 3.56. The Morgan fingerprint density at radius 2 is 2.07 bits per heavy atom. The third-order valence-electron chi connectivity index (χ3n) is 1.94. The molecule has 14 heavy (non-hydrogen) atoms. The van der Waals surface area contributed by atoms with E-state index in [2.05, 4.69) is 15.5 Å².